The van der Waals surface area contributed by atoms with Gasteiger partial charge in [0.15, 0.2) is 0 Å². The van der Waals surface area contributed by atoms with Crippen molar-refractivity contribution < 1.29 is 19.8 Å². The topological polar surface area (TPSA) is 86.6 Å². The first kappa shape index (κ1) is 8.99. The number of nitrogens with one attached hydrogen (secondary N) is 1. The molecule has 12 heavy (non-hydrogen) atoms. The Morgan fingerprint density at radius 2 is 2.00 bits per heavy atom. The summed E-state index contributed by atoms with van der Waals surface area (Å²) < 4.78 is 0. The van der Waals surface area contributed by atoms with Crippen LogP contribution in [0.25, 0.3) is 0 Å². The van der Waals surface area contributed by atoms with Crippen LogP contribution < -0.4 is 5.32 Å². The van der Waals surface area contributed by atoms with Gasteiger partial charge in [-0.15, -0.1) is 0 Å². The van der Waals surface area contributed by atoms with Gasteiger partial charge in [0, 0.05) is 6.04 Å². The van der Waals surface area contributed by atoms with E-state index < -0.39 is 17.9 Å². The molecule has 0 heterocycles. The average Bonchev–Trinajstić information content (AvgIpc) is 2.57. The summed E-state index contributed by atoms with van der Waals surface area (Å²) in [6.45, 7) is 1.62. The zero-order valence-corrected chi connectivity index (χ0v) is 6.65. The largest absolute Gasteiger partial charge is 0.481 e. The van der Waals surface area contributed by atoms with Crippen LogP contribution in [0.3, 0.4) is 0 Å². The second-order valence-corrected chi connectivity index (χ2v) is 3.02. The third-order valence-corrected chi connectivity index (χ3v) is 2.15. The molecule has 0 radical (unpaired) electrons. The Balaban J connectivity index is 2.29. The monoisotopic (exact) mass is 173 g/mol. The molecule has 0 aromatic rings. The number of carbonyl (C=O) groups is 2. The van der Waals surface area contributed by atoms with Crippen LogP contribution in [-0.4, -0.2) is 34.7 Å². The molecule has 3 atom stereocenters. The highest BCUT2D eigenvalue weighted by Gasteiger charge is 2.51. The SMILES string of the molecule is C[C@@H]1[C@H](NCC(=O)O)[C@H]1C(=O)O. The van der Waals surface area contributed by atoms with Crippen molar-refractivity contribution in [3.63, 3.8) is 0 Å². The van der Waals surface area contributed by atoms with E-state index in [1.54, 1.807) is 6.92 Å². The molecular formula is C7H11NO4. The predicted molar refractivity (Wildman–Crippen MR) is 39.7 cm³/mol. The number of rotatable bonds is 4. The van der Waals surface area contributed by atoms with E-state index in [1.807, 2.05) is 0 Å². The fourth-order valence-electron chi connectivity index (χ4n) is 1.36. The normalized spacial score (nSPS) is 32.9. The molecule has 0 aromatic carbocycles. The first-order valence-corrected chi connectivity index (χ1v) is 3.72. The second-order valence-electron chi connectivity index (χ2n) is 3.02. The fourth-order valence-corrected chi connectivity index (χ4v) is 1.36. The van der Waals surface area contributed by atoms with Gasteiger partial charge in [0.05, 0.1) is 12.5 Å². The van der Waals surface area contributed by atoms with Crippen LogP contribution in [0.1, 0.15) is 6.92 Å². The Hall–Kier alpha value is -1.10. The molecule has 0 amide bonds. The molecule has 1 aliphatic rings. The molecule has 0 aromatic heterocycles. The highest BCUT2D eigenvalue weighted by molar-refractivity contribution is 5.75. The van der Waals surface area contributed by atoms with Gasteiger partial charge >= 0.3 is 11.9 Å². The summed E-state index contributed by atoms with van der Waals surface area (Å²) in [4.78, 5) is 20.5. The van der Waals surface area contributed by atoms with Gasteiger partial charge in [-0.3, -0.25) is 9.59 Å². The summed E-state index contributed by atoms with van der Waals surface area (Å²) in [5.41, 5.74) is 0. The first-order chi connectivity index (χ1) is 5.54. The van der Waals surface area contributed by atoms with Gasteiger partial charge in [0.2, 0.25) is 0 Å². The van der Waals surface area contributed by atoms with Crippen molar-refractivity contribution in [1.82, 2.24) is 5.32 Å². The Morgan fingerprint density at radius 3 is 2.33 bits per heavy atom. The van der Waals surface area contributed by atoms with Gasteiger partial charge in [0.1, 0.15) is 0 Å². The van der Waals surface area contributed by atoms with E-state index in [9.17, 15) is 9.59 Å². The lowest BCUT2D eigenvalue weighted by molar-refractivity contribution is -0.139. The van der Waals surface area contributed by atoms with Gasteiger partial charge in [-0.05, 0) is 5.92 Å². The zero-order chi connectivity index (χ0) is 9.30. The molecule has 5 nitrogen and oxygen atoms in total. The Labute approximate surface area is 69.4 Å². The van der Waals surface area contributed by atoms with Crippen molar-refractivity contribution in [1.29, 1.82) is 0 Å². The number of carboxylic acid groups (broad SMARTS) is 2. The average molecular weight is 173 g/mol. The molecule has 3 N–H and O–H groups in total. The van der Waals surface area contributed by atoms with Crippen LogP contribution in [0, 0.1) is 11.8 Å². The molecule has 1 aliphatic carbocycles. The Bertz CT molecular complexity index is 215. The maximum Gasteiger partial charge on any atom is 0.317 e. The molecule has 5 heteroatoms. The lowest BCUT2D eigenvalue weighted by atomic mass is 10.3. The number of hydrogen-bond donors (Lipinski definition) is 3. The van der Waals surface area contributed by atoms with Gasteiger partial charge in [-0.25, -0.2) is 0 Å². The van der Waals surface area contributed by atoms with Crippen LogP contribution in [-0.2, 0) is 9.59 Å². The van der Waals surface area contributed by atoms with E-state index in [4.69, 9.17) is 10.2 Å². The molecule has 0 spiro atoms. The minimum Gasteiger partial charge on any atom is -0.481 e. The van der Waals surface area contributed by atoms with Crippen LogP contribution in [0.4, 0.5) is 0 Å². The van der Waals surface area contributed by atoms with E-state index >= 15 is 0 Å². The van der Waals surface area contributed by atoms with Gasteiger partial charge in [-0.2, -0.15) is 0 Å². The molecule has 0 aliphatic heterocycles. The third kappa shape index (κ3) is 1.73. The summed E-state index contributed by atoms with van der Waals surface area (Å²) in [5, 5.41) is 19.5. The van der Waals surface area contributed by atoms with E-state index in [0.717, 1.165) is 0 Å². The quantitative estimate of drug-likeness (QED) is 0.527. The number of aliphatic carboxylic acids is 2. The summed E-state index contributed by atoms with van der Waals surface area (Å²) >= 11 is 0. The zero-order valence-electron chi connectivity index (χ0n) is 6.65. The van der Waals surface area contributed by atoms with Gasteiger partial charge in [-0.1, -0.05) is 6.92 Å². The maximum absolute atomic E-state index is 10.4. The van der Waals surface area contributed by atoms with Crippen molar-refractivity contribution in [2.75, 3.05) is 6.54 Å². The highest BCUT2D eigenvalue weighted by Crippen LogP contribution is 2.38. The van der Waals surface area contributed by atoms with Crippen LogP contribution in [0.15, 0.2) is 0 Å². The molecule has 1 saturated carbocycles. The molecule has 0 saturated heterocycles. The third-order valence-electron chi connectivity index (χ3n) is 2.15. The number of carboxylic acids is 2. The lowest BCUT2D eigenvalue weighted by Crippen LogP contribution is -2.27. The predicted octanol–water partition coefficient (Wildman–Crippen LogP) is -0.620. The molecule has 1 rings (SSSR count). The van der Waals surface area contributed by atoms with Crippen molar-refractivity contribution in [2.24, 2.45) is 11.8 Å². The van der Waals surface area contributed by atoms with Gasteiger partial charge < -0.3 is 15.5 Å². The molecule has 0 unspecified atom stereocenters. The van der Waals surface area contributed by atoms with Crippen molar-refractivity contribution >= 4 is 11.9 Å². The summed E-state index contributed by atoms with van der Waals surface area (Å²) in [6, 6.07) is -0.168. The molecule has 68 valence electrons. The molecule has 1 fully saturated rings. The first-order valence-electron chi connectivity index (χ1n) is 3.72. The maximum atomic E-state index is 10.4. The minimum absolute atomic E-state index is 0.0434. The van der Waals surface area contributed by atoms with Crippen molar-refractivity contribution in [2.45, 2.75) is 13.0 Å². The smallest absolute Gasteiger partial charge is 0.317 e. The lowest BCUT2D eigenvalue weighted by Gasteiger charge is -1.96. The fraction of sp³-hybridized carbons (Fsp3) is 0.714. The van der Waals surface area contributed by atoms with Crippen molar-refractivity contribution in [3.05, 3.63) is 0 Å². The van der Waals surface area contributed by atoms with Crippen LogP contribution in [0.5, 0.6) is 0 Å². The van der Waals surface area contributed by atoms with E-state index in [1.165, 1.54) is 0 Å². The van der Waals surface area contributed by atoms with Gasteiger partial charge in [0.25, 0.3) is 0 Å². The van der Waals surface area contributed by atoms with E-state index in [2.05, 4.69) is 5.32 Å². The van der Waals surface area contributed by atoms with Crippen LogP contribution >= 0.6 is 0 Å². The van der Waals surface area contributed by atoms with Crippen molar-refractivity contribution in [3.8, 4) is 0 Å². The number of hydrogen-bond acceptors (Lipinski definition) is 3. The van der Waals surface area contributed by atoms with Crippen LogP contribution in [0.2, 0.25) is 0 Å². The standard InChI is InChI=1S/C7H11NO4/c1-3-5(7(11)12)6(3)8-2-4(9)10/h3,5-6,8H,2H2,1H3,(H,9,10)(H,11,12)/t3-,5-,6-/m0/s1. The summed E-state index contributed by atoms with van der Waals surface area (Å²) in [7, 11) is 0. The summed E-state index contributed by atoms with van der Waals surface area (Å²) in [6.07, 6.45) is 0. The summed E-state index contributed by atoms with van der Waals surface area (Å²) in [5.74, 6) is -2.19. The molecular weight excluding hydrogens is 162 g/mol. The molecule has 0 bridgehead atoms. The minimum atomic E-state index is -0.960. The second kappa shape index (κ2) is 3.10. The Kier molecular flexibility index (Phi) is 2.32. The Morgan fingerprint density at radius 1 is 1.42 bits per heavy atom. The van der Waals surface area contributed by atoms with E-state index in [0.29, 0.717) is 0 Å². The highest BCUT2D eigenvalue weighted by atomic mass is 16.4. The van der Waals surface area contributed by atoms with E-state index in [-0.39, 0.29) is 18.5 Å².